The molecule has 0 saturated heterocycles. The van der Waals surface area contributed by atoms with Gasteiger partial charge in [0, 0.05) is 5.54 Å². The summed E-state index contributed by atoms with van der Waals surface area (Å²) in [6, 6.07) is 5.23. The molecule has 0 aliphatic rings. The molecule has 118 valence electrons. The largest absolute Gasteiger partial charge is 0.480 e. The van der Waals surface area contributed by atoms with Crippen molar-refractivity contribution < 1.29 is 14.7 Å². The smallest absolute Gasteiger partial charge is 0.322 e. The van der Waals surface area contributed by atoms with Crippen molar-refractivity contribution >= 4 is 47.5 Å². The van der Waals surface area contributed by atoms with Crippen LogP contribution in [0.25, 0.3) is 0 Å². The quantitative estimate of drug-likeness (QED) is 0.732. The second-order valence-corrected chi connectivity index (χ2v) is 5.59. The first kappa shape index (κ1) is 20.0. The molecule has 3 N–H and O–H groups in total. The van der Waals surface area contributed by atoms with Crippen molar-refractivity contribution in [3.8, 4) is 0 Å². The lowest BCUT2D eigenvalue weighted by molar-refractivity contribution is -0.137. The standard InChI is InChI=1S/C13H16Cl2N2O3.ClH/c1-13(2,8-3-4-9(14)10(15)5-8)17-6-11(18)16-7-12(19)20;/h3-5,17H,6-7H2,1-2H3,(H,16,18)(H,19,20);1H. The van der Waals surface area contributed by atoms with Crippen LogP contribution in [0.15, 0.2) is 18.2 Å². The molecule has 0 aliphatic carbocycles. The number of benzene rings is 1. The number of hydrogen-bond donors (Lipinski definition) is 3. The van der Waals surface area contributed by atoms with Crippen LogP contribution in [0.4, 0.5) is 0 Å². The normalized spacial score (nSPS) is 10.7. The predicted octanol–water partition coefficient (Wildman–Crippen LogP) is 2.44. The average molecular weight is 356 g/mol. The van der Waals surface area contributed by atoms with Gasteiger partial charge >= 0.3 is 5.97 Å². The van der Waals surface area contributed by atoms with Crippen LogP contribution in [0.5, 0.6) is 0 Å². The van der Waals surface area contributed by atoms with Crippen molar-refractivity contribution in [3.05, 3.63) is 33.8 Å². The van der Waals surface area contributed by atoms with E-state index in [-0.39, 0.29) is 24.9 Å². The van der Waals surface area contributed by atoms with Gasteiger partial charge in [-0.2, -0.15) is 0 Å². The Morgan fingerprint density at radius 3 is 2.33 bits per heavy atom. The number of carbonyl (C=O) groups excluding carboxylic acids is 1. The molecule has 0 fully saturated rings. The van der Waals surface area contributed by atoms with Crippen molar-refractivity contribution in [2.45, 2.75) is 19.4 Å². The molecule has 0 atom stereocenters. The maximum absolute atomic E-state index is 11.5. The maximum atomic E-state index is 11.5. The number of carboxylic acid groups (broad SMARTS) is 1. The van der Waals surface area contributed by atoms with Gasteiger partial charge in [0.25, 0.3) is 0 Å². The van der Waals surface area contributed by atoms with Gasteiger partial charge < -0.3 is 10.4 Å². The summed E-state index contributed by atoms with van der Waals surface area (Å²) in [7, 11) is 0. The van der Waals surface area contributed by atoms with Gasteiger partial charge in [-0.1, -0.05) is 29.3 Å². The molecule has 1 rings (SSSR count). The predicted molar refractivity (Wildman–Crippen MR) is 85.4 cm³/mol. The van der Waals surface area contributed by atoms with E-state index in [1.165, 1.54) is 0 Å². The topological polar surface area (TPSA) is 78.4 Å². The summed E-state index contributed by atoms with van der Waals surface area (Å²) in [6.45, 7) is 3.38. The van der Waals surface area contributed by atoms with Gasteiger partial charge in [0.05, 0.1) is 16.6 Å². The summed E-state index contributed by atoms with van der Waals surface area (Å²) in [5, 5.41) is 14.7. The summed E-state index contributed by atoms with van der Waals surface area (Å²) in [6.07, 6.45) is 0. The van der Waals surface area contributed by atoms with E-state index in [0.717, 1.165) is 5.56 Å². The van der Waals surface area contributed by atoms with Crippen molar-refractivity contribution in [1.29, 1.82) is 0 Å². The van der Waals surface area contributed by atoms with Gasteiger partial charge in [-0.15, -0.1) is 12.4 Å². The summed E-state index contributed by atoms with van der Waals surface area (Å²) in [5.74, 6) is -1.47. The Kier molecular flexibility index (Phi) is 8.03. The average Bonchev–Trinajstić information content (AvgIpc) is 2.37. The maximum Gasteiger partial charge on any atom is 0.322 e. The molecule has 0 bridgehead atoms. The fourth-order valence-corrected chi connectivity index (χ4v) is 1.82. The number of carbonyl (C=O) groups is 2. The fraction of sp³-hybridized carbons (Fsp3) is 0.385. The molecule has 1 aromatic carbocycles. The third-order valence-corrected chi connectivity index (χ3v) is 3.51. The van der Waals surface area contributed by atoms with Crippen LogP contribution in [0, 0.1) is 0 Å². The van der Waals surface area contributed by atoms with Crippen LogP contribution in [0.2, 0.25) is 10.0 Å². The number of carboxylic acids is 1. The Bertz CT molecular complexity index is 521. The van der Waals surface area contributed by atoms with Crippen molar-refractivity contribution in [2.75, 3.05) is 13.1 Å². The first-order valence-electron chi connectivity index (χ1n) is 5.91. The summed E-state index contributed by atoms with van der Waals surface area (Å²) >= 11 is 11.8. The van der Waals surface area contributed by atoms with Gasteiger partial charge in [-0.05, 0) is 31.5 Å². The molecule has 5 nitrogen and oxygen atoms in total. The van der Waals surface area contributed by atoms with Crippen LogP contribution in [0.3, 0.4) is 0 Å². The fourth-order valence-electron chi connectivity index (χ4n) is 1.52. The van der Waals surface area contributed by atoms with E-state index in [4.69, 9.17) is 28.3 Å². The van der Waals surface area contributed by atoms with E-state index in [9.17, 15) is 9.59 Å². The number of aliphatic carboxylic acids is 1. The molecule has 21 heavy (non-hydrogen) atoms. The molecule has 0 radical (unpaired) electrons. The Hall–Kier alpha value is -1.01. The summed E-state index contributed by atoms with van der Waals surface area (Å²) < 4.78 is 0. The van der Waals surface area contributed by atoms with Crippen molar-refractivity contribution in [3.63, 3.8) is 0 Å². The van der Waals surface area contributed by atoms with Gasteiger partial charge in [-0.3, -0.25) is 14.9 Å². The monoisotopic (exact) mass is 354 g/mol. The first-order valence-corrected chi connectivity index (χ1v) is 6.67. The minimum Gasteiger partial charge on any atom is -0.480 e. The lowest BCUT2D eigenvalue weighted by Gasteiger charge is -2.27. The molecule has 0 spiro atoms. The molecule has 0 aromatic heterocycles. The third-order valence-electron chi connectivity index (χ3n) is 2.77. The van der Waals surface area contributed by atoms with E-state index in [0.29, 0.717) is 10.0 Å². The molecule has 0 aliphatic heterocycles. The number of nitrogens with one attached hydrogen (secondary N) is 2. The highest BCUT2D eigenvalue weighted by Gasteiger charge is 2.21. The minimum atomic E-state index is -1.08. The first-order chi connectivity index (χ1) is 9.22. The molecule has 0 saturated carbocycles. The zero-order valence-corrected chi connectivity index (χ0v) is 13.9. The van der Waals surface area contributed by atoms with E-state index >= 15 is 0 Å². The van der Waals surface area contributed by atoms with Gasteiger partial charge in [-0.25, -0.2) is 0 Å². The molecule has 1 aromatic rings. The lowest BCUT2D eigenvalue weighted by atomic mass is 9.94. The van der Waals surface area contributed by atoms with Crippen LogP contribution < -0.4 is 10.6 Å². The molecule has 8 heteroatoms. The zero-order valence-electron chi connectivity index (χ0n) is 11.6. The SMILES string of the molecule is CC(C)(NCC(=O)NCC(=O)O)c1ccc(Cl)c(Cl)c1.Cl. The van der Waals surface area contributed by atoms with Gasteiger partial charge in [0.15, 0.2) is 0 Å². The summed E-state index contributed by atoms with van der Waals surface area (Å²) in [5.41, 5.74) is 0.368. The highest BCUT2D eigenvalue weighted by atomic mass is 35.5. The molecular formula is C13H17Cl3N2O3. The number of hydrogen-bond acceptors (Lipinski definition) is 3. The van der Waals surface area contributed by atoms with Gasteiger partial charge in [0.1, 0.15) is 6.54 Å². The Labute approximate surface area is 139 Å². The second-order valence-electron chi connectivity index (χ2n) is 4.78. The highest BCUT2D eigenvalue weighted by Crippen LogP contribution is 2.28. The molecular weight excluding hydrogens is 339 g/mol. The molecule has 0 unspecified atom stereocenters. The number of rotatable bonds is 6. The second kappa shape index (κ2) is 8.44. The summed E-state index contributed by atoms with van der Waals surface area (Å²) in [4.78, 5) is 21.8. The Balaban J connectivity index is 0.00000400. The van der Waals surface area contributed by atoms with E-state index in [2.05, 4.69) is 10.6 Å². The van der Waals surface area contributed by atoms with E-state index in [1.807, 2.05) is 19.9 Å². The highest BCUT2D eigenvalue weighted by molar-refractivity contribution is 6.42. The minimum absolute atomic E-state index is 0. The zero-order chi connectivity index (χ0) is 15.3. The number of amides is 1. The molecule has 0 heterocycles. The molecule has 1 amide bonds. The Morgan fingerprint density at radius 1 is 1.19 bits per heavy atom. The van der Waals surface area contributed by atoms with Crippen LogP contribution >= 0.6 is 35.6 Å². The van der Waals surface area contributed by atoms with Crippen LogP contribution in [-0.4, -0.2) is 30.1 Å². The van der Waals surface area contributed by atoms with Gasteiger partial charge in [0.2, 0.25) is 5.91 Å². The van der Waals surface area contributed by atoms with Crippen molar-refractivity contribution in [2.24, 2.45) is 0 Å². The third kappa shape index (κ3) is 6.52. The Morgan fingerprint density at radius 2 is 1.81 bits per heavy atom. The van der Waals surface area contributed by atoms with Crippen LogP contribution in [-0.2, 0) is 15.1 Å². The van der Waals surface area contributed by atoms with Crippen molar-refractivity contribution in [1.82, 2.24) is 10.6 Å². The van der Waals surface area contributed by atoms with E-state index in [1.54, 1.807) is 12.1 Å². The van der Waals surface area contributed by atoms with Crippen LogP contribution in [0.1, 0.15) is 19.4 Å². The lowest BCUT2D eigenvalue weighted by Crippen LogP contribution is -2.44. The van der Waals surface area contributed by atoms with E-state index < -0.39 is 18.1 Å². The number of halogens is 3.